The number of hydrogen-bond acceptors (Lipinski definition) is 3. The van der Waals surface area contributed by atoms with Crippen LogP contribution in [-0.2, 0) is 6.42 Å². The molecule has 3 heteroatoms. The van der Waals surface area contributed by atoms with Crippen molar-refractivity contribution in [2.24, 2.45) is 11.3 Å². The lowest BCUT2D eigenvalue weighted by atomic mass is 9.92. The van der Waals surface area contributed by atoms with Gasteiger partial charge in [0.2, 0.25) is 0 Å². The van der Waals surface area contributed by atoms with E-state index in [-0.39, 0.29) is 5.41 Å². The van der Waals surface area contributed by atoms with E-state index in [0.29, 0.717) is 13.2 Å². The maximum atomic E-state index is 5.95. The minimum Gasteiger partial charge on any atom is -0.489 e. The van der Waals surface area contributed by atoms with Gasteiger partial charge in [0.15, 0.2) is 11.5 Å². The van der Waals surface area contributed by atoms with E-state index in [2.05, 4.69) is 37.4 Å². The van der Waals surface area contributed by atoms with Gasteiger partial charge >= 0.3 is 0 Å². The van der Waals surface area contributed by atoms with E-state index < -0.39 is 0 Å². The van der Waals surface area contributed by atoms with Gasteiger partial charge in [0.1, 0.15) is 0 Å². The summed E-state index contributed by atoms with van der Waals surface area (Å²) in [5.74, 6) is 2.56. The van der Waals surface area contributed by atoms with Crippen LogP contribution in [0.5, 0.6) is 11.5 Å². The van der Waals surface area contributed by atoms with Crippen molar-refractivity contribution in [3.05, 3.63) is 23.8 Å². The Balaban J connectivity index is 1.71. The Morgan fingerprint density at radius 3 is 2.75 bits per heavy atom. The van der Waals surface area contributed by atoms with Crippen LogP contribution in [0.15, 0.2) is 18.2 Å². The smallest absolute Gasteiger partial charge is 0.161 e. The molecule has 0 bridgehead atoms. The van der Waals surface area contributed by atoms with Crippen molar-refractivity contribution < 1.29 is 9.47 Å². The highest BCUT2D eigenvalue weighted by Gasteiger charge is 2.25. The van der Waals surface area contributed by atoms with Crippen molar-refractivity contribution in [3.8, 4) is 11.5 Å². The van der Waals surface area contributed by atoms with Crippen molar-refractivity contribution in [2.45, 2.75) is 33.1 Å². The van der Waals surface area contributed by atoms with Crippen molar-refractivity contribution >= 4 is 0 Å². The summed E-state index contributed by atoms with van der Waals surface area (Å²) in [5, 5.41) is 3.48. The SMILES string of the molecule is CC1(C)COc2ccc(CC3CCCNC3)cc2OC1. The second kappa shape index (κ2) is 5.65. The molecule has 0 radical (unpaired) electrons. The van der Waals surface area contributed by atoms with E-state index in [1.807, 2.05) is 0 Å². The fraction of sp³-hybridized carbons (Fsp3) is 0.647. The molecule has 0 spiro atoms. The molecule has 1 saturated heterocycles. The van der Waals surface area contributed by atoms with Crippen molar-refractivity contribution in [1.82, 2.24) is 5.32 Å². The summed E-state index contributed by atoms with van der Waals surface area (Å²) in [6.45, 7) is 8.09. The van der Waals surface area contributed by atoms with Gasteiger partial charge in [0, 0.05) is 5.41 Å². The van der Waals surface area contributed by atoms with E-state index in [0.717, 1.165) is 30.4 Å². The topological polar surface area (TPSA) is 30.5 Å². The molecule has 3 nitrogen and oxygen atoms in total. The molecular formula is C17H25NO2. The summed E-state index contributed by atoms with van der Waals surface area (Å²) in [7, 11) is 0. The first-order valence-corrected chi connectivity index (χ1v) is 7.72. The predicted octanol–water partition coefficient (Wildman–Crippen LogP) is 3.03. The van der Waals surface area contributed by atoms with Crippen molar-refractivity contribution in [3.63, 3.8) is 0 Å². The molecule has 1 aromatic rings. The van der Waals surface area contributed by atoms with Crippen LogP contribution < -0.4 is 14.8 Å². The molecule has 1 unspecified atom stereocenters. The number of benzene rings is 1. The van der Waals surface area contributed by atoms with E-state index in [4.69, 9.17) is 9.47 Å². The van der Waals surface area contributed by atoms with Gasteiger partial charge in [-0.25, -0.2) is 0 Å². The molecule has 0 aliphatic carbocycles. The van der Waals surface area contributed by atoms with Gasteiger partial charge in [-0.1, -0.05) is 19.9 Å². The number of piperidine rings is 1. The first-order valence-electron chi connectivity index (χ1n) is 7.72. The molecule has 0 saturated carbocycles. The molecule has 2 heterocycles. The van der Waals surface area contributed by atoms with E-state index >= 15 is 0 Å². The Morgan fingerprint density at radius 1 is 1.20 bits per heavy atom. The van der Waals surface area contributed by atoms with Gasteiger partial charge in [-0.15, -0.1) is 0 Å². The monoisotopic (exact) mass is 275 g/mol. The highest BCUT2D eigenvalue weighted by molar-refractivity contribution is 5.43. The largest absolute Gasteiger partial charge is 0.489 e. The van der Waals surface area contributed by atoms with Crippen LogP contribution >= 0.6 is 0 Å². The van der Waals surface area contributed by atoms with Gasteiger partial charge in [0.25, 0.3) is 0 Å². The molecule has 1 atom stereocenters. The van der Waals surface area contributed by atoms with Gasteiger partial charge < -0.3 is 14.8 Å². The molecule has 110 valence electrons. The summed E-state index contributed by atoms with van der Waals surface area (Å²) in [6.07, 6.45) is 3.75. The fourth-order valence-electron chi connectivity index (χ4n) is 2.93. The highest BCUT2D eigenvalue weighted by atomic mass is 16.5. The van der Waals surface area contributed by atoms with Crippen LogP contribution in [0.2, 0.25) is 0 Å². The summed E-state index contributed by atoms with van der Waals surface area (Å²) in [6, 6.07) is 6.43. The molecule has 1 aromatic carbocycles. The third-order valence-electron chi connectivity index (χ3n) is 4.17. The van der Waals surface area contributed by atoms with E-state index in [1.54, 1.807) is 0 Å². The number of fused-ring (bicyclic) bond motifs is 1. The Morgan fingerprint density at radius 2 is 2.00 bits per heavy atom. The fourth-order valence-corrected chi connectivity index (χ4v) is 2.93. The van der Waals surface area contributed by atoms with Crippen LogP contribution in [0, 0.1) is 11.3 Å². The Hall–Kier alpha value is -1.22. The highest BCUT2D eigenvalue weighted by Crippen LogP contribution is 2.35. The average Bonchev–Trinajstić information content (AvgIpc) is 2.59. The first-order chi connectivity index (χ1) is 9.62. The van der Waals surface area contributed by atoms with Crippen LogP contribution in [0.25, 0.3) is 0 Å². The Labute approximate surface area is 121 Å². The van der Waals surface area contributed by atoms with Crippen LogP contribution in [0.4, 0.5) is 0 Å². The maximum Gasteiger partial charge on any atom is 0.161 e. The number of nitrogens with one attached hydrogen (secondary N) is 1. The van der Waals surface area contributed by atoms with Crippen LogP contribution in [-0.4, -0.2) is 26.3 Å². The summed E-state index contributed by atoms with van der Waals surface area (Å²) < 4.78 is 11.8. The minimum atomic E-state index is 0.0759. The minimum absolute atomic E-state index is 0.0759. The second-order valence-electron chi connectivity index (χ2n) is 6.94. The van der Waals surface area contributed by atoms with E-state index in [1.165, 1.54) is 24.9 Å². The normalized spacial score (nSPS) is 25.0. The lowest BCUT2D eigenvalue weighted by molar-refractivity contribution is 0.140. The molecule has 0 aromatic heterocycles. The second-order valence-corrected chi connectivity index (χ2v) is 6.94. The maximum absolute atomic E-state index is 5.95. The molecular weight excluding hydrogens is 250 g/mol. The summed E-state index contributed by atoms with van der Waals surface area (Å²) in [4.78, 5) is 0. The Kier molecular flexibility index (Phi) is 3.88. The molecule has 1 fully saturated rings. The predicted molar refractivity (Wildman–Crippen MR) is 80.5 cm³/mol. The average molecular weight is 275 g/mol. The number of ether oxygens (including phenoxy) is 2. The van der Waals surface area contributed by atoms with Crippen LogP contribution in [0.1, 0.15) is 32.3 Å². The first kappa shape index (κ1) is 13.7. The van der Waals surface area contributed by atoms with Crippen molar-refractivity contribution in [2.75, 3.05) is 26.3 Å². The van der Waals surface area contributed by atoms with Crippen molar-refractivity contribution in [1.29, 1.82) is 0 Å². The zero-order valence-electron chi connectivity index (χ0n) is 12.6. The molecule has 2 aliphatic rings. The van der Waals surface area contributed by atoms with Gasteiger partial charge in [-0.05, 0) is 56.0 Å². The quantitative estimate of drug-likeness (QED) is 0.900. The lowest BCUT2D eigenvalue weighted by Crippen LogP contribution is -2.30. The van der Waals surface area contributed by atoms with Gasteiger partial charge in [-0.2, -0.15) is 0 Å². The summed E-state index contributed by atoms with van der Waals surface area (Å²) in [5.41, 5.74) is 1.44. The third kappa shape index (κ3) is 3.26. The van der Waals surface area contributed by atoms with Crippen LogP contribution in [0.3, 0.4) is 0 Å². The van der Waals surface area contributed by atoms with Gasteiger partial charge in [-0.3, -0.25) is 0 Å². The summed E-state index contributed by atoms with van der Waals surface area (Å²) >= 11 is 0. The molecule has 2 aliphatic heterocycles. The van der Waals surface area contributed by atoms with Gasteiger partial charge in [0.05, 0.1) is 13.2 Å². The number of hydrogen-bond donors (Lipinski definition) is 1. The lowest BCUT2D eigenvalue weighted by Gasteiger charge is -2.23. The third-order valence-corrected chi connectivity index (χ3v) is 4.17. The molecule has 3 rings (SSSR count). The zero-order chi connectivity index (χ0) is 14.0. The molecule has 1 N–H and O–H groups in total. The molecule has 0 amide bonds. The van der Waals surface area contributed by atoms with E-state index in [9.17, 15) is 0 Å². The zero-order valence-corrected chi connectivity index (χ0v) is 12.6. The Bertz CT molecular complexity index is 464. The number of rotatable bonds is 2. The standard InChI is InChI=1S/C17H25NO2/c1-17(2)11-19-15-6-5-13(9-16(15)20-12-17)8-14-4-3-7-18-10-14/h5-6,9,14,18H,3-4,7-8,10-12H2,1-2H3. The molecule has 20 heavy (non-hydrogen) atoms.